The summed E-state index contributed by atoms with van der Waals surface area (Å²) in [4.78, 5) is 29.7. The van der Waals surface area contributed by atoms with Crippen LogP contribution in [0.4, 0.5) is 5.69 Å². The van der Waals surface area contributed by atoms with Crippen molar-refractivity contribution in [3.8, 4) is 5.75 Å². The first-order chi connectivity index (χ1) is 21.6. The lowest BCUT2D eigenvalue weighted by Gasteiger charge is -2.34. The predicted molar refractivity (Wildman–Crippen MR) is 178 cm³/mol. The molecule has 0 fully saturated rings. The first-order valence-electron chi connectivity index (χ1n) is 14.7. The van der Waals surface area contributed by atoms with Crippen molar-refractivity contribution < 1.29 is 22.7 Å². The molecule has 0 spiro atoms. The van der Waals surface area contributed by atoms with Gasteiger partial charge in [-0.3, -0.25) is 13.9 Å². The number of hydrogen-bond donors (Lipinski definition) is 1. The van der Waals surface area contributed by atoms with Gasteiger partial charge in [0.2, 0.25) is 11.8 Å². The highest BCUT2D eigenvalue weighted by Crippen LogP contribution is 2.27. The minimum atomic E-state index is -4.21. The van der Waals surface area contributed by atoms with Gasteiger partial charge in [-0.2, -0.15) is 0 Å². The number of aryl methyl sites for hydroxylation is 1. The number of sulfonamides is 1. The van der Waals surface area contributed by atoms with Gasteiger partial charge in [-0.25, -0.2) is 8.42 Å². The SMILES string of the molecule is CCCNC(=O)[C@@H](Cc1ccccc1)N(Cc1cccc(OC)c1)C(=O)CN(c1cccc(C)c1)S(=O)(=O)c1ccc(Cl)cc1. The average molecular weight is 648 g/mol. The summed E-state index contributed by atoms with van der Waals surface area (Å²) < 4.78 is 34.7. The smallest absolute Gasteiger partial charge is 0.264 e. The number of rotatable bonds is 14. The van der Waals surface area contributed by atoms with E-state index < -0.39 is 28.5 Å². The van der Waals surface area contributed by atoms with Crippen LogP contribution in [0.15, 0.2) is 108 Å². The molecule has 1 atom stereocenters. The highest BCUT2D eigenvalue weighted by molar-refractivity contribution is 7.92. The van der Waals surface area contributed by atoms with Crippen LogP contribution in [0.3, 0.4) is 0 Å². The second kappa shape index (κ2) is 15.6. The van der Waals surface area contributed by atoms with Crippen LogP contribution in [-0.2, 0) is 32.6 Å². The average Bonchev–Trinajstić information content (AvgIpc) is 3.04. The maximum Gasteiger partial charge on any atom is 0.264 e. The van der Waals surface area contributed by atoms with Crippen molar-refractivity contribution in [1.29, 1.82) is 0 Å². The van der Waals surface area contributed by atoms with E-state index in [9.17, 15) is 18.0 Å². The first kappa shape index (κ1) is 33.6. The molecule has 4 aromatic carbocycles. The van der Waals surface area contributed by atoms with Gasteiger partial charge < -0.3 is 15.0 Å². The van der Waals surface area contributed by atoms with Crippen LogP contribution in [0.2, 0.25) is 5.02 Å². The standard InChI is InChI=1S/C35H38ClN3O5S/c1-4-20-37-35(41)33(23-27-11-6-5-7-12-27)38(24-28-13-9-15-31(22-28)44-3)34(40)25-39(30-14-8-10-26(2)21-30)45(42,43)32-18-16-29(36)17-19-32/h5-19,21-22,33H,4,20,23-25H2,1-3H3,(H,37,41)/t33-/m1/s1. The molecule has 0 bridgehead atoms. The number of hydrogen-bond acceptors (Lipinski definition) is 5. The number of anilines is 1. The third kappa shape index (κ3) is 8.86. The highest BCUT2D eigenvalue weighted by Gasteiger charge is 2.34. The monoisotopic (exact) mass is 647 g/mol. The minimum Gasteiger partial charge on any atom is -0.497 e. The lowest BCUT2D eigenvalue weighted by molar-refractivity contribution is -0.140. The Labute approximate surface area is 270 Å². The number of nitrogens with zero attached hydrogens (tertiary/aromatic N) is 2. The second-order valence-corrected chi connectivity index (χ2v) is 13.0. The van der Waals surface area contributed by atoms with Crippen molar-refractivity contribution in [2.75, 3.05) is 24.5 Å². The zero-order chi connectivity index (χ0) is 32.4. The Hall–Kier alpha value is -4.34. The van der Waals surface area contributed by atoms with E-state index in [4.69, 9.17) is 16.3 Å². The van der Waals surface area contributed by atoms with Crippen molar-refractivity contribution in [2.45, 2.75) is 44.2 Å². The van der Waals surface area contributed by atoms with E-state index in [1.807, 2.05) is 62.4 Å². The Kier molecular flexibility index (Phi) is 11.6. The summed E-state index contributed by atoms with van der Waals surface area (Å²) in [5.74, 6) is -0.259. The quantitative estimate of drug-likeness (QED) is 0.181. The molecule has 0 unspecified atom stereocenters. The van der Waals surface area contributed by atoms with Gasteiger partial charge >= 0.3 is 0 Å². The Balaban J connectivity index is 1.80. The molecule has 4 aromatic rings. The van der Waals surface area contributed by atoms with Gasteiger partial charge in [-0.15, -0.1) is 0 Å². The molecule has 0 aromatic heterocycles. The summed E-state index contributed by atoms with van der Waals surface area (Å²) in [6.07, 6.45) is 0.953. The summed E-state index contributed by atoms with van der Waals surface area (Å²) in [6.45, 7) is 3.75. The highest BCUT2D eigenvalue weighted by atomic mass is 35.5. The molecule has 0 saturated heterocycles. The van der Waals surface area contributed by atoms with Crippen LogP contribution >= 0.6 is 11.6 Å². The van der Waals surface area contributed by atoms with E-state index in [2.05, 4.69) is 5.32 Å². The number of nitrogens with one attached hydrogen (secondary N) is 1. The Morgan fingerprint density at radius 3 is 2.24 bits per heavy atom. The van der Waals surface area contributed by atoms with E-state index in [1.54, 1.807) is 37.4 Å². The predicted octanol–water partition coefficient (Wildman–Crippen LogP) is 6.02. The second-order valence-electron chi connectivity index (χ2n) is 10.7. The molecule has 8 nitrogen and oxygen atoms in total. The van der Waals surface area contributed by atoms with Crippen LogP contribution in [0.1, 0.15) is 30.0 Å². The topological polar surface area (TPSA) is 96.0 Å². The largest absolute Gasteiger partial charge is 0.497 e. The molecule has 2 amide bonds. The number of methoxy groups -OCH3 is 1. The van der Waals surface area contributed by atoms with Gasteiger partial charge in [0.1, 0.15) is 18.3 Å². The van der Waals surface area contributed by atoms with E-state index in [1.165, 1.54) is 29.2 Å². The van der Waals surface area contributed by atoms with Gasteiger partial charge in [0, 0.05) is 24.5 Å². The summed E-state index contributed by atoms with van der Waals surface area (Å²) in [6, 6.07) is 28.5. The Morgan fingerprint density at radius 2 is 1.58 bits per heavy atom. The third-order valence-corrected chi connectivity index (χ3v) is 9.32. The van der Waals surface area contributed by atoms with E-state index in [0.29, 0.717) is 29.4 Å². The van der Waals surface area contributed by atoms with Gasteiger partial charge in [0.15, 0.2) is 0 Å². The number of carbonyl (C=O) groups is 2. The molecule has 0 aliphatic rings. The Bertz CT molecular complexity index is 1700. The fourth-order valence-corrected chi connectivity index (χ4v) is 6.47. The first-order valence-corrected chi connectivity index (χ1v) is 16.5. The molecule has 0 radical (unpaired) electrons. The summed E-state index contributed by atoms with van der Waals surface area (Å²) in [7, 11) is -2.66. The molecule has 10 heteroatoms. The van der Waals surface area contributed by atoms with E-state index in [0.717, 1.165) is 21.0 Å². The number of amides is 2. The third-order valence-electron chi connectivity index (χ3n) is 7.28. The number of carbonyl (C=O) groups excluding carboxylic acids is 2. The Morgan fingerprint density at radius 1 is 0.889 bits per heavy atom. The van der Waals surface area contributed by atoms with E-state index in [-0.39, 0.29) is 23.8 Å². The maximum atomic E-state index is 14.5. The normalized spacial score (nSPS) is 11.8. The molecule has 0 saturated carbocycles. The molecule has 236 valence electrons. The van der Waals surface area contributed by atoms with E-state index >= 15 is 0 Å². The molecule has 45 heavy (non-hydrogen) atoms. The van der Waals surface area contributed by atoms with Gasteiger partial charge in [-0.05, 0) is 78.6 Å². The van der Waals surface area contributed by atoms with Crippen molar-refractivity contribution in [2.24, 2.45) is 0 Å². The maximum absolute atomic E-state index is 14.5. The molecule has 0 aliphatic heterocycles. The molecular formula is C35H38ClN3O5S. The molecular weight excluding hydrogens is 610 g/mol. The van der Waals surface area contributed by atoms with Crippen molar-refractivity contribution in [1.82, 2.24) is 10.2 Å². The van der Waals surface area contributed by atoms with Crippen LogP contribution in [-0.4, -0.2) is 51.4 Å². The van der Waals surface area contributed by atoms with Gasteiger partial charge in [0.25, 0.3) is 10.0 Å². The zero-order valence-electron chi connectivity index (χ0n) is 25.6. The molecule has 1 N–H and O–H groups in total. The van der Waals surface area contributed by atoms with Crippen LogP contribution < -0.4 is 14.4 Å². The van der Waals surface area contributed by atoms with Crippen LogP contribution in [0.5, 0.6) is 5.75 Å². The lowest BCUT2D eigenvalue weighted by atomic mass is 10.0. The number of halogens is 1. The van der Waals surface area contributed by atoms with Gasteiger partial charge in [-0.1, -0.05) is 73.1 Å². The summed E-state index contributed by atoms with van der Waals surface area (Å²) in [5.41, 5.74) is 2.74. The summed E-state index contributed by atoms with van der Waals surface area (Å²) in [5, 5.41) is 3.34. The molecule has 0 heterocycles. The number of ether oxygens (including phenoxy) is 1. The zero-order valence-corrected chi connectivity index (χ0v) is 27.2. The fourth-order valence-electron chi connectivity index (χ4n) is 4.93. The summed E-state index contributed by atoms with van der Waals surface area (Å²) >= 11 is 6.05. The van der Waals surface area contributed by atoms with Crippen molar-refractivity contribution >= 4 is 39.1 Å². The lowest BCUT2D eigenvalue weighted by Crippen LogP contribution is -2.53. The van der Waals surface area contributed by atoms with Crippen LogP contribution in [0, 0.1) is 6.92 Å². The van der Waals surface area contributed by atoms with Crippen molar-refractivity contribution in [3.63, 3.8) is 0 Å². The number of benzene rings is 4. The molecule has 4 rings (SSSR count). The molecule has 0 aliphatic carbocycles. The van der Waals surface area contributed by atoms with Crippen molar-refractivity contribution in [3.05, 3.63) is 125 Å². The van der Waals surface area contributed by atoms with Gasteiger partial charge in [0.05, 0.1) is 17.7 Å². The van der Waals surface area contributed by atoms with Crippen LogP contribution in [0.25, 0.3) is 0 Å². The fraction of sp³-hybridized carbons (Fsp3) is 0.257. The minimum absolute atomic E-state index is 0.0120.